The molecule has 0 bridgehead atoms. The van der Waals surface area contributed by atoms with E-state index in [-0.39, 0.29) is 0 Å². The molecule has 4 nitrogen and oxygen atoms in total. The van der Waals surface area contributed by atoms with Gasteiger partial charge in [-0.2, -0.15) is 9.61 Å². The summed E-state index contributed by atoms with van der Waals surface area (Å²) in [7, 11) is 3.97. The highest BCUT2D eigenvalue weighted by Gasteiger charge is 2.01. The van der Waals surface area contributed by atoms with Crippen LogP contribution in [-0.2, 0) is 0 Å². The third-order valence-electron chi connectivity index (χ3n) is 1.73. The van der Waals surface area contributed by atoms with Gasteiger partial charge in [-0.1, -0.05) is 0 Å². The molecule has 12 heavy (non-hydrogen) atoms. The number of aromatic nitrogens is 3. The summed E-state index contributed by atoms with van der Waals surface area (Å²) in [6.45, 7) is 0. The first-order valence-electron chi connectivity index (χ1n) is 3.75. The van der Waals surface area contributed by atoms with E-state index < -0.39 is 0 Å². The summed E-state index contributed by atoms with van der Waals surface area (Å²) in [5.41, 5.74) is 0.876. The minimum absolute atomic E-state index is 0.876. The lowest BCUT2D eigenvalue weighted by Gasteiger charge is -2.12. The molecule has 2 aromatic heterocycles. The summed E-state index contributed by atoms with van der Waals surface area (Å²) >= 11 is 0. The molecular formula is C8H10N4. The van der Waals surface area contributed by atoms with Crippen LogP contribution in [0.5, 0.6) is 0 Å². The van der Waals surface area contributed by atoms with E-state index in [0.717, 1.165) is 11.5 Å². The quantitative estimate of drug-likeness (QED) is 0.621. The summed E-state index contributed by atoms with van der Waals surface area (Å²) in [6.07, 6.45) is 3.53. The molecule has 0 aliphatic rings. The Balaban J connectivity index is 2.73. The van der Waals surface area contributed by atoms with Gasteiger partial charge < -0.3 is 4.90 Å². The average molecular weight is 162 g/mol. The highest BCUT2D eigenvalue weighted by molar-refractivity contribution is 5.47. The van der Waals surface area contributed by atoms with Crippen LogP contribution in [0.1, 0.15) is 0 Å². The predicted molar refractivity (Wildman–Crippen MR) is 47.3 cm³/mol. The van der Waals surface area contributed by atoms with E-state index in [4.69, 9.17) is 0 Å². The van der Waals surface area contributed by atoms with Gasteiger partial charge in [0, 0.05) is 26.4 Å². The van der Waals surface area contributed by atoms with Gasteiger partial charge in [0.15, 0.2) is 5.65 Å². The second kappa shape index (κ2) is 2.48. The molecule has 0 radical (unpaired) electrons. The van der Waals surface area contributed by atoms with Crippen molar-refractivity contribution in [1.82, 2.24) is 14.6 Å². The summed E-state index contributed by atoms with van der Waals surface area (Å²) in [6, 6.07) is 3.81. The molecule has 0 saturated carbocycles. The fraction of sp³-hybridized carbons (Fsp3) is 0.250. The van der Waals surface area contributed by atoms with Crippen molar-refractivity contribution in [2.45, 2.75) is 0 Å². The minimum Gasteiger partial charge on any atom is -0.363 e. The summed E-state index contributed by atoms with van der Waals surface area (Å²) in [4.78, 5) is 6.16. The maximum Gasteiger partial charge on any atom is 0.157 e. The van der Waals surface area contributed by atoms with Crippen molar-refractivity contribution in [3.8, 4) is 0 Å². The molecule has 62 valence electrons. The maximum atomic E-state index is 4.16. The Labute approximate surface area is 70.4 Å². The zero-order valence-electron chi connectivity index (χ0n) is 7.10. The molecular weight excluding hydrogens is 152 g/mol. The van der Waals surface area contributed by atoms with E-state index >= 15 is 0 Å². The SMILES string of the molecule is CN(C)c1ccnc2ccnn12. The van der Waals surface area contributed by atoms with E-state index in [1.54, 1.807) is 16.9 Å². The van der Waals surface area contributed by atoms with Crippen LogP contribution in [0.4, 0.5) is 5.82 Å². The zero-order valence-corrected chi connectivity index (χ0v) is 7.10. The highest BCUT2D eigenvalue weighted by atomic mass is 15.3. The van der Waals surface area contributed by atoms with Gasteiger partial charge in [0.1, 0.15) is 5.82 Å². The number of nitrogens with zero attached hydrogens (tertiary/aromatic N) is 4. The normalized spacial score (nSPS) is 10.5. The second-order valence-corrected chi connectivity index (χ2v) is 2.80. The molecule has 4 heteroatoms. The van der Waals surface area contributed by atoms with Crippen LogP contribution in [0.25, 0.3) is 5.65 Å². The molecule has 0 amide bonds. The average Bonchev–Trinajstić information content (AvgIpc) is 2.49. The van der Waals surface area contributed by atoms with E-state index in [2.05, 4.69) is 10.1 Å². The summed E-state index contributed by atoms with van der Waals surface area (Å²) in [5, 5.41) is 4.15. The lowest BCUT2D eigenvalue weighted by atomic mass is 10.5. The Kier molecular flexibility index (Phi) is 1.46. The van der Waals surface area contributed by atoms with Crippen molar-refractivity contribution in [3.05, 3.63) is 24.5 Å². The number of fused-ring (bicyclic) bond motifs is 1. The number of rotatable bonds is 1. The van der Waals surface area contributed by atoms with Gasteiger partial charge in [-0.25, -0.2) is 4.98 Å². The first-order chi connectivity index (χ1) is 5.79. The lowest BCUT2D eigenvalue weighted by molar-refractivity contribution is 0.896. The van der Waals surface area contributed by atoms with Gasteiger partial charge in [0.2, 0.25) is 0 Å². The van der Waals surface area contributed by atoms with Gasteiger partial charge in [-0.05, 0) is 6.07 Å². The van der Waals surface area contributed by atoms with E-state index in [0.29, 0.717) is 0 Å². The van der Waals surface area contributed by atoms with E-state index in [9.17, 15) is 0 Å². The summed E-state index contributed by atoms with van der Waals surface area (Å²) < 4.78 is 1.81. The smallest absolute Gasteiger partial charge is 0.157 e. The van der Waals surface area contributed by atoms with Crippen LogP contribution >= 0.6 is 0 Å². The van der Waals surface area contributed by atoms with Gasteiger partial charge in [-0.3, -0.25) is 0 Å². The summed E-state index contributed by atoms with van der Waals surface area (Å²) in [5.74, 6) is 1.03. The lowest BCUT2D eigenvalue weighted by Crippen LogP contribution is -2.13. The van der Waals surface area contributed by atoms with Crippen molar-refractivity contribution in [3.63, 3.8) is 0 Å². The van der Waals surface area contributed by atoms with Crippen molar-refractivity contribution < 1.29 is 0 Å². The molecule has 0 fully saturated rings. The van der Waals surface area contributed by atoms with Crippen LogP contribution < -0.4 is 4.90 Å². The number of hydrogen-bond donors (Lipinski definition) is 0. The topological polar surface area (TPSA) is 33.4 Å². The predicted octanol–water partition coefficient (Wildman–Crippen LogP) is 0.795. The van der Waals surface area contributed by atoms with Crippen LogP contribution in [0.2, 0.25) is 0 Å². The minimum atomic E-state index is 0.876. The standard InChI is InChI=1S/C8H10N4/c1-11(2)8-4-5-9-7-3-6-10-12(7)8/h3-6H,1-2H3. The van der Waals surface area contributed by atoms with Crippen LogP contribution in [-0.4, -0.2) is 28.7 Å². The van der Waals surface area contributed by atoms with Crippen LogP contribution in [0, 0.1) is 0 Å². The molecule has 2 heterocycles. The van der Waals surface area contributed by atoms with Crippen molar-refractivity contribution in [1.29, 1.82) is 0 Å². The zero-order chi connectivity index (χ0) is 8.55. The monoisotopic (exact) mass is 162 g/mol. The number of anilines is 1. The molecule has 0 saturated heterocycles. The molecule has 2 aromatic rings. The van der Waals surface area contributed by atoms with Crippen molar-refractivity contribution in [2.24, 2.45) is 0 Å². The van der Waals surface area contributed by atoms with Gasteiger partial charge >= 0.3 is 0 Å². The second-order valence-electron chi connectivity index (χ2n) is 2.80. The Hall–Kier alpha value is -1.58. The van der Waals surface area contributed by atoms with Crippen molar-refractivity contribution >= 4 is 11.5 Å². The molecule has 0 aliphatic carbocycles. The van der Waals surface area contributed by atoms with Gasteiger partial charge in [0.25, 0.3) is 0 Å². The van der Waals surface area contributed by atoms with Crippen molar-refractivity contribution in [2.75, 3.05) is 19.0 Å². The van der Waals surface area contributed by atoms with E-state index in [1.165, 1.54) is 0 Å². The fourth-order valence-corrected chi connectivity index (χ4v) is 1.16. The number of hydrogen-bond acceptors (Lipinski definition) is 3. The molecule has 0 aliphatic heterocycles. The van der Waals surface area contributed by atoms with Crippen LogP contribution in [0.15, 0.2) is 24.5 Å². The maximum absolute atomic E-state index is 4.16. The third-order valence-corrected chi connectivity index (χ3v) is 1.73. The largest absolute Gasteiger partial charge is 0.363 e. The Bertz CT molecular complexity index is 391. The Morgan fingerprint density at radius 1 is 1.25 bits per heavy atom. The molecule has 0 atom stereocenters. The molecule has 2 rings (SSSR count). The third kappa shape index (κ3) is 0.922. The Morgan fingerprint density at radius 3 is 2.83 bits per heavy atom. The van der Waals surface area contributed by atoms with Gasteiger partial charge in [-0.15, -0.1) is 0 Å². The molecule has 0 spiro atoms. The van der Waals surface area contributed by atoms with Gasteiger partial charge in [0.05, 0.1) is 6.20 Å². The first-order valence-corrected chi connectivity index (χ1v) is 3.75. The molecule has 0 N–H and O–H groups in total. The fourth-order valence-electron chi connectivity index (χ4n) is 1.16. The molecule has 0 unspecified atom stereocenters. The van der Waals surface area contributed by atoms with Crippen LogP contribution in [0.3, 0.4) is 0 Å². The highest BCUT2D eigenvalue weighted by Crippen LogP contribution is 2.10. The molecule has 0 aromatic carbocycles. The van der Waals surface area contributed by atoms with E-state index in [1.807, 2.05) is 31.1 Å². The Morgan fingerprint density at radius 2 is 2.08 bits per heavy atom. The first kappa shape index (κ1) is 7.09.